The van der Waals surface area contributed by atoms with Crippen molar-refractivity contribution >= 4 is 16.6 Å². The maximum absolute atomic E-state index is 12.6. The summed E-state index contributed by atoms with van der Waals surface area (Å²) in [5.74, 6) is 0.965. The van der Waals surface area contributed by atoms with E-state index >= 15 is 0 Å². The second-order valence-electron chi connectivity index (χ2n) is 6.82. The predicted octanol–water partition coefficient (Wildman–Crippen LogP) is 2.87. The van der Waals surface area contributed by atoms with Gasteiger partial charge in [0, 0.05) is 12.1 Å². The first-order valence-corrected chi connectivity index (χ1v) is 8.90. The third-order valence-corrected chi connectivity index (χ3v) is 4.40. The van der Waals surface area contributed by atoms with Crippen molar-refractivity contribution < 1.29 is 14.8 Å². The third kappa shape index (κ3) is 4.17. The van der Waals surface area contributed by atoms with Crippen molar-refractivity contribution in [3.63, 3.8) is 0 Å². The number of hydrogen-bond donors (Lipinski definition) is 1. The molecule has 1 unspecified atom stereocenters. The summed E-state index contributed by atoms with van der Waals surface area (Å²) in [6.07, 6.45) is 0.373. The summed E-state index contributed by atoms with van der Waals surface area (Å²) in [6, 6.07) is 11.5. The average molecular weight is 383 g/mol. The number of aliphatic hydroxyl groups is 1. The van der Waals surface area contributed by atoms with Gasteiger partial charge in [0.15, 0.2) is 0 Å². The van der Waals surface area contributed by atoms with Crippen LogP contribution in [0.2, 0.25) is 0 Å². The highest BCUT2D eigenvalue weighted by Gasteiger charge is 2.14. The topological polar surface area (TPSA) is 107 Å². The molecule has 8 heteroatoms. The lowest BCUT2D eigenvalue weighted by molar-refractivity contribution is -0.384. The lowest BCUT2D eigenvalue weighted by Gasteiger charge is -2.17. The van der Waals surface area contributed by atoms with Crippen molar-refractivity contribution in [3.05, 3.63) is 74.8 Å². The van der Waals surface area contributed by atoms with Gasteiger partial charge in [-0.1, -0.05) is 32.0 Å². The molecule has 3 rings (SSSR count). The molecule has 2 aromatic carbocycles. The number of para-hydroxylation sites is 1. The molecule has 1 heterocycles. The van der Waals surface area contributed by atoms with Gasteiger partial charge in [-0.05, 0) is 23.6 Å². The molecule has 28 heavy (non-hydrogen) atoms. The number of ether oxygens (including phenoxy) is 1. The number of fused-ring (bicyclic) bond motifs is 1. The van der Waals surface area contributed by atoms with Crippen LogP contribution in [0, 0.1) is 10.1 Å². The van der Waals surface area contributed by atoms with Crippen LogP contribution in [0.5, 0.6) is 5.75 Å². The SMILES string of the molecule is CC(C)c1ccccc1OCC(O)Cn1cnc2ccc([N+](=O)[O-])cc2c1=O. The quantitative estimate of drug-likeness (QED) is 0.496. The monoisotopic (exact) mass is 383 g/mol. The summed E-state index contributed by atoms with van der Waals surface area (Å²) in [7, 11) is 0. The normalized spacial score (nSPS) is 12.3. The number of nitro benzene ring substituents is 1. The number of nitro groups is 1. The maximum atomic E-state index is 12.6. The van der Waals surface area contributed by atoms with Crippen LogP contribution in [0.3, 0.4) is 0 Å². The molecule has 0 radical (unpaired) electrons. The number of benzene rings is 2. The van der Waals surface area contributed by atoms with Gasteiger partial charge in [-0.25, -0.2) is 4.98 Å². The van der Waals surface area contributed by atoms with Crippen molar-refractivity contribution in [2.24, 2.45) is 0 Å². The zero-order chi connectivity index (χ0) is 20.3. The second kappa shape index (κ2) is 8.18. The zero-order valence-corrected chi connectivity index (χ0v) is 15.6. The third-order valence-electron chi connectivity index (χ3n) is 4.40. The molecule has 0 amide bonds. The first-order valence-electron chi connectivity index (χ1n) is 8.90. The first kappa shape index (κ1) is 19.5. The van der Waals surface area contributed by atoms with E-state index in [-0.39, 0.29) is 30.1 Å². The molecule has 0 bridgehead atoms. The number of rotatable bonds is 7. The Morgan fingerprint density at radius 3 is 2.71 bits per heavy atom. The molecule has 146 valence electrons. The number of aliphatic hydroxyl groups excluding tert-OH is 1. The number of aromatic nitrogens is 2. The van der Waals surface area contributed by atoms with Gasteiger partial charge < -0.3 is 9.84 Å². The smallest absolute Gasteiger partial charge is 0.270 e. The Kier molecular flexibility index (Phi) is 5.70. The Morgan fingerprint density at radius 1 is 1.25 bits per heavy atom. The van der Waals surface area contributed by atoms with E-state index < -0.39 is 16.6 Å². The van der Waals surface area contributed by atoms with E-state index in [0.717, 1.165) is 5.56 Å². The van der Waals surface area contributed by atoms with E-state index in [1.807, 2.05) is 24.3 Å². The second-order valence-corrected chi connectivity index (χ2v) is 6.82. The predicted molar refractivity (Wildman–Crippen MR) is 105 cm³/mol. The van der Waals surface area contributed by atoms with Gasteiger partial charge in [0.05, 0.1) is 28.7 Å². The van der Waals surface area contributed by atoms with Gasteiger partial charge in [-0.3, -0.25) is 19.5 Å². The summed E-state index contributed by atoms with van der Waals surface area (Å²) in [5, 5.41) is 21.4. The first-order chi connectivity index (χ1) is 13.4. The number of hydrogen-bond acceptors (Lipinski definition) is 6. The fourth-order valence-electron chi connectivity index (χ4n) is 2.95. The van der Waals surface area contributed by atoms with Gasteiger partial charge >= 0.3 is 0 Å². The summed E-state index contributed by atoms with van der Waals surface area (Å²) < 4.78 is 6.97. The molecule has 0 spiro atoms. The number of non-ortho nitro benzene ring substituents is 1. The minimum absolute atomic E-state index is 0.00312. The van der Waals surface area contributed by atoms with E-state index in [9.17, 15) is 20.0 Å². The molecule has 0 saturated heterocycles. The van der Waals surface area contributed by atoms with E-state index in [1.54, 1.807) is 0 Å². The Morgan fingerprint density at radius 2 is 2.00 bits per heavy atom. The molecule has 0 aliphatic carbocycles. The van der Waals surface area contributed by atoms with E-state index in [4.69, 9.17) is 4.74 Å². The Balaban J connectivity index is 1.76. The largest absolute Gasteiger partial charge is 0.491 e. The molecule has 3 aromatic rings. The molecule has 0 aliphatic heterocycles. The fraction of sp³-hybridized carbons (Fsp3) is 0.300. The summed E-state index contributed by atoms with van der Waals surface area (Å²) in [4.78, 5) is 27.1. The Hall–Kier alpha value is -3.26. The maximum Gasteiger partial charge on any atom is 0.270 e. The standard InChI is InChI=1S/C20H21N3O5/c1-13(2)16-5-3-4-6-19(16)28-11-15(24)10-22-12-21-18-8-7-14(23(26)27)9-17(18)20(22)25/h3-9,12-13,15,24H,10-11H2,1-2H3. The van der Waals surface area contributed by atoms with Crippen LogP contribution >= 0.6 is 0 Å². The molecule has 1 N–H and O–H groups in total. The van der Waals surface area contributed by atoms with Crippen LogP contribution in [-0.2, 0) is 6.54 Å². The lowest BCUT2D eigenvalue weighted by atomic mass is 10.0. The molecular formula is C20H21N3O5. The van der Waals surface area contributed by atoms with Crippen molar-refractivity contribution in [2.75, 3.05) is 6.61 Å². The van der Waals surface area contributed by atoms with Crippen LogP contribution in [-0.4, -0.2) is 32.3 Å². The highest BCUT2D eigenvalue weighted by molar-refractivity contribution is 5.79. The van der Waals surface area contributed by atoms with E-state index in [2.05, 4.69) is 18.8 Å². The zero-order valence-electron chi connectivity index (χ0n) is 15.6. The molecule has 0 saturated carbocycles. The fourth-order valence-corrected chi connectivity index (χ4v) is 2.95. The molecule has 1 aromatic heterocycles. The van der Waals surface area contributed by atoms with Gasteiger partial charge in [0.1, 0.15) is 18.5 Å². The summed E-state index contributed by atoms with van der Waals surface area (Å²) in [5.41, 5.74) is 0.767. The van der Waals surface area contributed by atoms with Crippen LogP contribution in [0.15, 0.2) is 53.6 Å². The Labute approximate surface area is 161 Å². The number of nitrogens with zero attached hydrogens (tertiary/aromatic N) is 3. The lowest BCUT2D eigenvalue weighted by Crippen LogP contribution is -2.30. The highest BCUT2D eigenvalue weighted by atomic mass is 16.6. The van der Waals surface area contributed by atoms with Gasteiger partial charge in [-0.15, -0.1) is 0 Å². The van der Waals surface area contributed by atoms with E-state index in [1.165, 1.54) is 29.1 Å². The highest BCUT2D eigenvalue weighted by Crippen LogP contribution is 2.26. The molecule has 8 nitrogen and oxygen atoms in total. The minimum Gasteiger partial charge on any atom is -0.491 e. The van der Waals surface area contributed by atoms with Crippen LogP contribution < -0.4 is 10.3 Å². The molecule has 0 aliphatic rings. The van der Waals surface area contributed by atoms with Gasteiger partial charge in [0.2, 0.25) is 0 Å². The van der Waals surface area contributed by atoms with Crippen molar-refractivity contribution in [3.8, 4) is 5.75 Å². The van der Waals surface area contributed by atoms with Crippen LogP contribution in [0.25, 0.3) is 10.9 Å². The van der Waals surface area contributed by atoms with Crippen molar-refractivity contribution in [1.82, 2.24) is 9.55 Å². The minimum atomic E-state index is -0.948. The Bertz CT molecular complexity index is 1060. The average Bonchev–Trinajstić information content (AvgIpc) is 2.68. The summed E-state index contributed by atoms with van der Waals surface area (Å²) >= 11 is 0. The van der Waals surface area contributed by atoms with Crippen LogP contribution in [0.4, 0.5) is 5.69 Å². The van der Waals surface area contributed by atoms with Gasteiger partial charge in [-0.2, -0.15) is 0 Å². The van der Waals surface area contributed by atoms with Crippen LogP contribution in [0.1, 0.15) is 25.3 Å². The van der Waals surface area contributed by atoms with Gasteiger partial charge in [0.25, 0.3) is 11.2 Å². The molecule has 0 fully saturated rings. The summed E-state index contributed by atoms with van der Waals surface area (Å²) in [6.45, 7) is 4.08. The molecule has 1 atom stereocenters. The van der Waals surface area contributed by atoms with Crippen molar-refractivity contribution in [1.29, 1.82) is 0 Å². The van der Waals surface area contributed by atoms with E-state index in [0.29, 0.717) is 11.3 Å². The molecular weight excluding hydrogens is 362 g/mol. The van der Waals surface area contributed by atoms with Crippen molar-refractivity contribution in [2.45, 2.75) is 32.4 Å².